The zero-order chi connectivity index (χ0) is 25.0. The molecule has 0 spiro atoms. The number of aromatic nitrogens is 6. The zero-order valence-electron chi connectivity index (χ0n) is 19.5. The van der Waals surface area contributed by atoms with Crippen LogP contribution in [-0.2, 0) is 13.0 Å². The molecule has 0 bridgehead atoms. The van der Waals surface area contributed by atoms with Crippen LogP contribution >= 0.6 is 0 Å². The quantitative estimate of drug-likeness (QED) is 0.349. The minimum atomic E-state index is -0.974. The molecule has 0 aliphatic carbocycles. The van der Waals surface area contributed by atoms with Crippen molar-refractivity contribution in [2.24, 2.45) is 0 Å². The number of nitrogens with one attached hydrogen (secondary N) is 1. The smallest absolute Gasteiger partial charge is 0.210 e. The van der Waals surface area contributed by atoms with Gasteiger partial charge in [-0.3, -0.25) is 13.7 Å². The van der Waals surface area contributed by atoms with E-state index in [0.717, 1.165) is 5.56 Å². The van der Waals surface area contributed by atoms with Crippen molar-refractivity contribution >= 4 is 17.2 Å². The van der Waals surface area contributed by atoms with Crippen LogP contribution < -0.4 is 10.1 Å². The lowest BCUT2D eigenvalue weighted by Crippen LogP contribution is -2.20. The van der Waals surface area contributed by atoms with Crippen molar-refractivity contribution in [3.8, 4) is 16.9 Å². The van der Waals surface area contributed by atoms with Crippen LogP contribution in [0.1, 0.15) is 23.0 Å². The van der Waals surface area contributed by atoms with Gasteiger partial charge in [0.1, 0.15) is 35.6 Å². The average molecular weight is 492 g/mol. The van der Waals surface area contributed by atoms with Crippen LogP contribution in [0.15, 0.2) is 43.1 Å². The Morgan fingerprint density at radius 1 is 1.14 bits per heavy atom. The van der Waals surface area contributed by atoms with Gasteiger partial charge in [0.25, 0.3) is 0 Å². The number of aliphatic hydroxyl groups excluding tert-OH is 1. The van der Waals surface area contributed by atoms with E-state index in [-0.39, 0.29) is 12.4 Å². The highest BCUT2D eigenvalue weighted by molar-refractivity contribution is 5.86. The molecule has 1 aliphatic heterocycles. The molecule has 5 aromatic rings. The maximum atomic E-state index is 14.7. The van der Waals surface area contributed by atoms with E-state index in [1.54, 1.807) is 35.7 Å². The van der Waals surface area contributed by atoms with E-state index in [0.29, 0.717) is 58.4 Å². The van der Waals surface area contributed by atoms with Crippen LogP contribution in [0.3, 0.4) is 0 Å². The fraction of sp³-hybridized carbons (Fsp3) is 0.250. The van der Waals surface area contributed by atoms with E-state index in [2.05, 4.69) is 25.5 Å². The standard InChI is InChI=1S/C24H22F2N8O2/c1-32(2)23(35)19-10-27-21-15(7-13(25)11-33(19)21)17-9-29-24(34-12-30-31-22(17)34)28-8-16-14-5-6-36-20(14)4-3-18(16)26/h3-4,7,9-12,23,35H,5-6,8H2,1-2H3,(H,28,29). The molecule has 1 unspecified atom stereocenters. The first-order valence-corrected chi connectivity index (χ1v) is 11.3. The Morgan fingerprint density at radius 2 is 2.00 bits per heavy atom. The van der Waals surface area contributed by atoms with E-state index in [9.17, 15) is 13.9 Å². The molecule has 36 heavy (non-hydrogen) atoms. The maximum Gasteiger partial charge on any atom is 0.210 e. The lowest BCUT2D eigenvalue weighted by Gasteiger charge is -2.18. The summed E-state index contributed by atoms with van der Waals surface area (Å²) in [4.78, 5) is 10.5. The summed E-state index contributed by atoms with van der Waals surface area (Å²) in [6.45, 7) is 0.714. The predicted molar refractivity (Wildman–Crippen MR) is 126 cm³/mol. The van der Waals surface area contributed by atoms with Crippen LogP contribution in [0.25, 0.3) is 22.4 Å². The van der Waals surface area contributed by atoms with Gasteiger partial charge < -0.3 is 15.2 Å². The van der Waals surface area contributed by atoms with Gasteiger partial charge in [-0.2, -0.15) is 0 Å². The van der Waals surface area contributed by atoms with Gasteiger partial charge in [0.05, 0.1) is 18.5 Å². The molecule has 1 aromatic carbocycles. The largest absolute Gasteiger partial charge is 0.493 e. The fourth-order valence-corrected chi connectivity index (χ4v) is 4.54. The number of pyridine rings is 1. The second-order valence-corrected chi connectivity index (χ2v) is 8.76. The van der Waals surface area contributed by atoms with E-state index < -0.39 is 12.0 Å². The molecule has 5 heterocycles. The molecule has 0 fully saturated rings. The van der Waals surface area contributed by atoms with E-state index in [1.165, 1.54) is 35.3 Å². The van der Waals surface area contributed by atoms with Crippen molar-refractivity contribution in [3.63, 3.8) is 0 Å². The molecule has 0 saturated heterocycles. The molecule has 0 saturated carbocycles. The molecular weight excluding hydrogens is 470 g/mol. The first-order chi connectivity index (χ1) is 17.4. The van der Waals surface area contributed by atoms with Crippen LogP contribution in [0.2, 0.25) is 0 Å². The monoisotopic (exact) mass is 492 g/mol. The summed E-state index contributed by atoms with van der Waals surface area (Å²) in [5.41, 5.74) is 3.57. The third-order valence-corrected chi connectivity index (χ3v) is 6.34. The SMILES string of the molecule is CN(C)C(O)c1cnc2c(-c3cnc(NCc4c(F)ccc5c4CCO5)n4cnnc34)cc(F)cn12. The highest BCUT2D eigenvalue weighted by Crippen LogP contribution is 2.32. The average Bonchev–Trinajstić information content (AvgIpc) is 3.61. The minimum Gasteiger partial charge on any atom is -0.493 e. The lowest BCUT2D eigenvalue weighted by atomic mass is 10.0. The Hall–Kier alpha value is -4.16. The number of halogens is 2. The molecule has 1 aliphatic rings. The fourth-order valence-electron chi connectivity index (χ4n) is 4.54. The van der Waals surface area contributed by atoms with Crippen molar-refractivity contribution in [2.45, 2.75) is 19.2 Å². The van der Waals surface area contributed by atoms with Gasteiger partial charge in [0, 0.05) is 47.6 Å². The number of anilines is 1. The van der Waals surface area contributed by atoms with Gasteiger partial charge >= 0.3 is 0 Å². The van der Waals surface area contributed by atoms with Crippen molar-refractivity contribution in [3.05, 3.63) is 71.6 Å². The first-order valence-electron chi connectivity index (χ1n) is 11.3. The Kier molecular flexibility index (Phi) is 5.27. The van der Waals surface area contributed by atoms with Gasteiger partial charge in [-0.05, 0) is 32.3 Å². The number of imidazole rings is 1. The molecule has 4 aromatic heterocycles. The van der Waals surface area contributed by atoms with Crippen LogP contribution in [0.4, 0.5) is 14.7 Å². The molecular formula is C24H22F2N8O2. The van der Waals surface area contributed by atoms with Crippen molar-refractivity contribution in [1.29, 1.82) is 0 Å². The van der Waals surface area contributed by atoms with Crippen LogP contribution in [0, 0.1) is 11.6 Å². The van der Waals surface area contributed by atoms with Crippen LogP contribution in [0.5, 0.6) is 5.75 Å². The molecule has 2 N–H and O–H groups in total. The number of rotatable bonds is 6. The third-order valence-electron chi connectivity index (χ3n) is 6.34. The van der Waals surface area contributed by atoms with E-state index in [4.69, 9.17) is 4.74 Å². The van der Waals surface area contributed by atoms with Crippen LogP contribution in [-0.4, -0.2) is 59.7 Å². The summed E-state index contributed by atoms with van der Waals surface area (Å²) in [6.07, 6.45) is 5.47. The highest BCUT2D eigenvalue weighted by Gasteiger charge is 2.22. The summed E-state index contributed by atoms with van der Waals surface area (Å²) >= 11 is 0. The molecule has 1 atom stereocenters. The van der Waals surface area contributed by atoms with Gasteiger partial charge in [0.15, 0.2) is 5.65 Å². The maximum absolute atomic E-state index is 14.7. The Bertz CT molecular complexity index is 1610. The number of benzene rings is 1. The normalized spacial score (nSPS) is 13.9. The van der Waals surface area contributed by atoms with Gasteiger partial charge in [0.2, 0.25) is 5.95 Å². The first kappa shape index (κ1) is 22.3. The predicted octanol–water partition coefficient (Wildman–Crippen LogP) is 2.82. The molecule has 0 amide bonds. The summed E-state index contributed by atoms with van der Waals surface area (Å²) in [5, 5.41) is 21.9. The van der Waals surface area contributed by atoms with Gasteiger partial charge in [-0.25, -0.2) is 18.7 Å². The Morgan fingerprint density at radius 3 is 2.83 bits per heavy atom. The minimum absolute atomic E-state index is 0.189. The number of hydrogen-bond acceptors (Lipinski definition) is 8. The summed E-state index contributed by atoms with van der Waals surface area (Å²) in [6, 6.07) is 4.38. The third kappa shape index (κ3) is 3.53. The summed E-state index contributed by atoms with van der Waals surface area (Å²) in [5.74, 6) is 0.257. The molecule has 184 valence electrons. The number of aliphatic hydroxyl groups is 1. The summed E-state index contributed by atoms with van der Waals surface area (Å²) in [7, 11) is 3.42. The molecule has 12 heteroatoms. The van der Waals surface area contributed by atoms with E-state index >= 15 is 0 Å². The van der Waals surface area contributed by atoms with Crippen molar-refractivity contribution < 1.29 is 18.6 Å². The van der Waals surface area contributed by atoms with Gasteiger partial charge in [-0.1, -0.05) is 0 Å². The number of fused-ring (bicyclic) bond motifs is 3. The highest BCUT2D eigenvalue weighted by atomic mass is 19.1. The number of hydrogen-bond donors (Lipinski definition) is 2. The second kappa shape index (κ2) is 8.50. The molecule has 10 nitrogen and oxygen atoms in total. The number of nitrogens with zero attached hydrogens (tertiary/aromatic N) is 7. The topological polar surface area (TPSA) is 105 Å². The Labute approximate surface area is 203 Å². The Balaban J connectivity index is 1.40. The van der Waals surface area contributed by atoms with Crippen molar-refractivity contribution in [1.82, 2.24) is 33.9 Å². The second-order valence-electron chi connectivity index (χ2n) is 8.76. The van der Waals surface area contributed by atoms with E-state index in [1.807, 2.05) is 0 Å². The van der Waals surface area contributed by atoms with Crippen molar-refractivity contribution in [2.75, 3.05) is 26.0 Å². The van der Waals surface area contributed by atoms with Gasteiger partial charge in [-0.15, -0.1) is 10.2 Å². The summed E-state index contributed by atoms with van der Waals surface area (Å²) < 4.78 is 37.9. The molecule has 0 radical (unpaired) electrons. The molecule has 6 rings (SSSR count). The lowest BCUT2D eigenvalue weighted by molar-refractivity contribution is 0.0350. The number of ether oxygens (including phenoxy) is 1. The zero-order valence-corrected chi connectivity index (χ0v) is 19.5.